The normalized spacial score (nSPS) is 25.1. The second-order valence-corrected chi connectivity index (χ2v) is 6.34. The molecule has 0 aromatic heterocycles. The molecule has 1 saturated carbocycles. The van der Waals surface area contributed by atoms with Crippen LogP contribution in [0.5, 0.6) is 0 Å². The summed E-state index contributed by atoms with van der Waals surface area (Å²) in [7, 11) is 2.12. The van der Waals surface area contributed by atoms with Gasteiger partial charge in [-0.2, -0.15) is 0 Å². The zero-order chi connectivity index (χ0) is 13.8. The largest absolute Gasteiger partial charge is 0.373 e. The van der Waals surface area contributed by atoms with E-state index >= 15 is 0 Å². The quantitative estimate of drug-likeness (QED) is 0.899. The second kappa shape index (κ2) is 6.73. The Bertz CT molecular complexity index is 425. The Morgan fingerprint density at radius 3 is 2.80 bits per heavy atom. The highest BCUT2D eigenvalue weighted by Gasteiger charge is 2.28. The Hall–Kier alpha value is -0.860. The fourth-order valence-electron chi connectivity index (χ4n) is 3.99. The summed E-state index contributed by atoms with van der Waals surface area (Å²) in [6.07, 6.45) is 9.50. The molecule has 2 aliphatic rings. The molecule has 3 rings (SSSR count). The zero-order valence-corrected chi connectivity index (χ0v) is 12.6. The summed E-state index contributed by atoms with van der Waals surface area (Å²) in [4.78, 5) is 0. The highest BCUT2D eigenvalue weighted by molar-refractivity contribution is 5.31. The van der Waals surface area contributed by atoms with E-state index in [1.54, 1.807) is 0 Å². The van der Waals surface area contributed by atoms with Crippen molar-refractivity contribution in [1.82, 2.24) is 5.32 Å². The smallest absolute Gasteiger partial charge is 0.0842 e. The van der Waals surface area contributed by atoms with Crippen LogP contribution >= 0.6 is 0 Å². The van der Waals surface area contributed by atoms with Crippen molar-refractivity contribution in [3.8, 4) is 0 Å². The zero-order valence-electron chi connectivity index (χ0n) is 12.6. The van der Waals surface area contributed by atoms with Crippen LogP contribution in [0.2, 0.25) is 0 Å². The van der Waals surface area contributed by atoms with Crippen molar-refractivity contribution in [2.75, 3.05) is 13.7 Å². The number of rotatable bonds is 4. The number of hydrogen-bond donors (Lipinski definition) is 1. The SMILES string of the molecule is CNC(CC1OCCc2ccccc21)C1CCCCC1. The predicted octanol–water partition coefficient (Wildman–Crippen LogP) is 3.86. The van der Waals surface area contributed by atoms with Crippen LogP contribution < -0.4 is 5.32 Å². The Labute approximate surface area is 122 Å². The molecule has 2 heteroatoms. The molecule has 2 nitrogen and oxygen atoms in total. The first-order valence-electron chi connectivity index (χ1n) is 8.25. The average molecular weight is 273 g/mol. The molecule has 1 N–H and O–H groups in total. The van der Waals surface area contributed by atoms with Crippen molar-refractivity contribution in [3.63, 3.8) is 0 Å². The van der Waals surface area contributed by atoms with Gasteiger partial charge in [0.05, 0.1) is 12.7 Å². The van der Waals surface area contributed by atoms with E-state index < -0.39 is 0 Å². The Balaban J connectivity index is 1.70. The van der Waals surface area contributed by atoms with Crippen LogP contribution in [0.25, 0.3) is 0 Å². The van der Waals surface area contributed by atoms with E-state index in [1.807, 2.05) is 0 Å². The maximum absolute atomic E-state index is 6.09. The van der Waals surface area contributed by atoms with Gasteiger partial charge in [-0.1, -0.05) is 43.5 Å². The minimum Gasteiger partial charge on any atom is -0.373 e. The number of ether oxygens (including phenoxy) is 1. The van der Waals surface area contributed by atoms with Gasteiger partial charge in [0.25, 0.3) is 0 Å². The van der Waals surface area contributed by atoms with Gasteiger partial charge in [0, 0.05) is 6.04 Å². The van der Waals surface area contributed by atoms with Crippen LogP contribution in [0.1, 0.15) is 55.8 Å². The van der Waals surface area contributed by atoms with Gasteiger partial charge in [0.1, 0.15) is 0 Å². The van der Waals surface area contributed by atoms with Gasteiger partial charge in [-0.3, -0.25) is 0 Å². The molecule has 0 radical (unpaired) electrons. The third-order valence-electron chi connectivity index (χ3n) is 5.15. The van der Waals surface area contributed by atoms with E-state index in [4.69, 9.17) is 4.74 Å². The van der Waals surface area contributed by atoms with Crippen LogP contribution in [-0.2, 0) is 11.2 Å². The maximum Gasteiger partial charge on any atom is 0.0842 e. The van der Waals surface area contributed by atoms with Crippen molar-refractivity contribution < 1.29 is 4.74 Å². The van der Waals surface area contributed by atoms with Crippen molar-refractivity contribution in [2.24, 2.45) is 5.92 Å². The molecule has 1 fully saturated rings. The summed E-state index contributed by atoms with van der Waals surface area (Å²) in [6, 6.07) is 9.42. The molecular formula is C18H27NO. The van der Waals surface area contributed by atoms with Gasteiger partial charge in [-0.25, -0.2) is 0 Å². The highest BCUT2D eigenvalue weighted by Crippen LogP contribution is 2.35. The number of fused-ring (bicyclic) bond motifs is 1. The van der Waals surface area contributed by atoms with Crippen LogP contribution in [-0.4, -0.2) is 19.7 Å². The molecule has 1 aromatic rings. The lowest BCUT2D eigenvalue weighted by atomic mass is 9.80. The Morgan fingerprint density at radius 1 is 1.20 bits per heavy atom. The average Bonchev–Trinajstić information content (AvgIpc) is 2.53. The Kier molecular flexibility index (Phi) is 4.74. The van der Waals surface area contributed by atoms with Crippen molar-refractivity contribution in [2.45, 2.75) is 57.1 Å². The summed E-state index contributed by atoms with van der Waals surface area (Å²) in [5.41, 5.74) is 2.91. The molecule has 2 atom stereocenters. The molecule has 20 heavy (non-hydrogen) atoms. The van der Waals surface area contributed by atoms with Gasteiger partial charge < -0.3 is 10.1 Å². The van der Waals surface area contributed by atoms with Crippen molar-refractivity contribution in [1.29, 1.82) is 0 Å². The van der Waals surface area contributed by atoms with Crippen LogP contribution in [0.3, 0.4) is 0 Å². The summed E-state index contributed by atoms with van der Waals surface area (Å²) in [6.45, 7) is 0.878. The van der Waals surface area contributed by atoms with Gasteiger partial charge >= 0.3 is 0 Å². The highest BCUT2D eigenvalue weighted by atomic mass is 16.5. The number of benzene rings is 1. The lowest BCUT2D eigenvalue weighted by Crippen LogP contribution is -2.37. The molecule has 0 spiro atoms. The fraction of sp³-hybridized carbons (Fsp3) is 0.667. The second-order valence-electron chi connectivity index (χ2n) is 6.34. The molecule has 1 aliphatic heterocycles. The molecule has 1 aliphatic carbocycles. The monoisotopic (exact) mass is 273 g/mol. The van der Waals surface area contributed by atoms with E-state index in [0.717, 1.165) is 25.4 Å². The fourth-order valence-corrected chi connectivity index (χ4v) is 3.99. The van der Waals surface area contributed by atoms with Crippen LogP contribution in [0.4, 0.5) is 0 Å². The first-order chi connectivity index (χ1) is 9.88. The Morgan fingerprint density at radius 2 is 2.00 bits per heavy atom. The van der Waals surface area contributed by atoms with E-state index in [-0.39, 0.29) is 0 Å². The van der Waals surface area contributed by atoms with Gasteiger partial charge in [-0.05, 0) is 49.8 Å². The minimum absolute atomic E-state index is 0.291. The van der Waals surface area contributed by atoms with E-state index in [2.05, 4.69) is 36.6 Å². The summed E-state index contributed by atoms with van der Waals surface area (Å²) in [5, 5.41) is 3.57. The lowest BCUT2D eigenvalue weighted by molar-refractivity contribution is 0.0232. The molecule has 1 aromatic carbocycles. The van der Waals surface area contributed by atoms with E-state index in [1.165, 1.54) is 43.2 Å². The van der Waals surface area contributed by atoms with E-state index in [9.17, 15) is 0 Å². The lowest BCUT2D eigenvalue weighted by Gasteiger charge is -2.34. The first kappa shape index (κ1) is 14.1. The molecular weight excluding hydrogens is 246 g/mol. The summed E-state index contributed by atoms with van der Waals surface area (Å²) < 4.78 is 6.09. The maximum atomic E-state index is 6.09. The predicted molar refractivity (Wildman–Crippen MR) is 82.9 cm³/mol. The molecule has 0 bridgehead atoms. The molecule has 1 heterocycles. The number of hydrogen-bond acceptors (Lipinski definition) is 2. The molecule has 0 saturated heterocycles. The molecule has 110 valence electrons. The molecule has 0 amide bonds. The molecule has 2 unspecified atom stereocenters. The minimum atomic E-state index is 0.291. The summed E-state index contributed by atoms with van der Waals surface area (Å²) in [5.74, 6) is 0.839. The third-order valence-corrected chi connectivity index (χ3v) is 5.15. The van der Waals surface area contributed by atoms with Crippen molar-refractivity contribution >= 4 is 0 Å². The van der Waals surface area contributed by atoms with E-state index in [0.29, 0.717) is 12.1 Å². The van der Waals surface area contributed by atoms with Gasteiger partial charge in [0.2, 0.25) is 0 Å². The van der Waals surface area contributed by atoms with Gasteiger partial charge in [0.15, 0.2) is 0 Å². The standard InChI is InChI=1S/C18H27NO/c1-19-17(15-8-3-2-4-9-15)13-18-16-10-6-5-7-14(16)11-12-20-18/h5-7,10,15,17-19H,2-4,8-9,11-13H2,1H3. The third kappa shape index (κ3) is 3.07. The number of nitrogens with one attached hydrogen (secondary N) is 1. The van der Waals surface area contributed by atoms with Gasteiger partial charge in [-0.15, -0.1) is 0 Å². The topological polar surface area (TPSA) is 21.3 Å². The van der Waals surface area contributed by atoms with Crippen LogP contribution in [0, 0.1) is 5.92 Å². The van der Waals surface area contributed by atoms with Crippen molar-refractivity contribution in [3.05, 3.63) is 35.4 Å². The van der Waals surface area contributed by atoms with Crippen LogP contribution in [0.15, 0.2) is 24.3 Å². The summed E-state index contributed by atoms with van der Waals surface area (Å²) >= 11 is 0. The first-order valence-corrected chi connectivity index (χ1v) is 8.25.